The van der Waals surface area contributed by atoms with Crippen LogP contribution in [0.4, 0.5) is 0 Å². The molecule has 3 aliphatic rings. The predicted molar refractivity (Wildman–Crippen MR) is 245 cm³/mol. The molecule has 1 aromatic heterocycles. The van der Waals surface area contributed by atoms with Gasteiger partial charge in [-0.15, -0.1) is 0 Å². The Morgan fingerprint density at radius 1 is 0.350 bits per heavy atom. The highest BCUT2D eigenvalue weighted by molar-refractivity contribution is 7.99. The monoisotopic (exact) mass is 785 g/mol. The van der Waals surface area contributed by atoms with E-state index in [0.29, 0.717) is 17.5 Å². The molecule has 0 saturated heterocycles. The third kappa shape index (κ3) is 5.01. The lowest BCUT2D eigenvalue weighted by Crippen LogP contribution is -2.35. The number of aryl methyl sites for hydroxylation is 1. The Morgan fingerprint density at radius 2 is 0.900 bits per heavy atom. The summed E-state index contributed by atoms with van der Waals surface area (Å²) >= 11 is 1.90. The van der Waals surface area contributed by atoms with Crippen molar-refractivity contribution in [1.29, 1.82) is 0 Å². The molecule has 0 radical (unpaired) electrons. The molecule has 1 atom stereocenters. The lowest BCUT2D eigenvalue weighted by Gasteiger charge is -2.43. The lowest BCUT2D eigenvalue weighted by molar-refractivity contribution is 0.653. The summed E-state index contributed by atoms with van der Waals surface area (Å²) < 4.78 is 0. The average Bonchev–Trinajstić information content (AvgIpc) is 3.45. The van der Waals surface area contributed by atoms with E-state index in [4.69, 9.17) is 15.0 Å². The van der Waals surface area contributed by atoms with Crippen molar-refractivity contribution in [2.75, 3.05) is 0 Å². The van der Waals surface area contributed by atoms with E-state index in [1.165, 1.54) is 76.6 Å². The van der Waals surface area contributed by atoms with Crippen LogP contribution in [0.3, 0.4) is 0 Å². The molecule has 60 heavy (non-hydrogen) atoms. The van der Waals surface area contributed by atoms with Gasteiger partial charge in [0.05, 0.1) is 5.41 Å². The van der Waals surface area contributed by atoms with Gasteiger partial charge >= 0.3 is 0 Å². The summed E-state index contributed by atoms with van der Waals surface area (Å²) in [5.74, 6) is 1.95. The second kappa shape index (κ2) is 13.1. The topological polar surface area (TPSA) is 38.7 Å². The number of rotatable bonds is 3. The molecule has 2 heterocycles. The molecular formula is C56H39N3S. The summed E-state index contributed by atoms with van der Waals surface area (Å²) in [5.41, 5.74) is 18.6. The maximum Gasteiger partial charge on any atom is 0.164 e. The summed E-state index contributed by atoms with van der Waals surface area (Å²) in [5, 5.41) is 0. The first-order valence-corrected chi connectivity index (χ1v) is 21.5. The molecule has 9 aromatic rings. The van der Waals surface area contributed by atoms with E-state index in [1.54, 1.807) is 0 Å². The summed E-state index contributed by atoms with van der Waals surface area (Å²) in [7, 11) is 0. The second-order valence-corrected chi connectivity index (χ2v) is 17.9. The number of aromatic nitrogens is 3. The minimum atomic E-state index is -0.691. The van der Waals surface area contributed by atoms with Crippen molar-refractivity contribution in [2.24, 2.45) is 0 Å². The molecule has 12 rings (SSSR count). The Bertz CT molecular complexity index is 3240. The molecule has 1 spiro atoms. The molecule has 1 aliphatic heterocycles. The molecule has 1 unspecified atom stereocenters. The summed E-state index contributed by atoms with van der Waals surface area (Å²) in [4.78, 5) is 18.2. The number of fused-ring (bicyclic) bond motifs is 14. The molecule has 2 aliphatic carbocycles. The first-order valence-electron chi connectivity index (χ1n) is 20.7. The quantitative estimate of drug-likeness (QED) is 0.179. The maximum absolute atomic E-state index is 5.29. The Hall–Kier alpha value is -6.88. The van der Waals surface area contributed by atoms with Gasteiger partial charge in [-0.2, -0.15) is 0 Å². The van der Waals surface area contributed by atoms with Crippen molar-refractivity contribution in [3.05, 3.63) is 221 Å². The number of benzene rings is 8. The van der Waals surface area contributed by atoms with E-state index in [0.717, 1.165) is 22.3 Å². The smallest absolute Gasteiger partial charge is 0.164 e. The van der Waals surface area contributed by atoms with Crippen LogP contribution >= 0.6 is 11.8 Å². The van der Waals surface area contributed by atoms with Gasteiger partial charge in [-0.05, 0) is 104 Å². The highest BCUT2D eigenvalue weighted by Gasteiger charge is 2.50. The van der Waals surface area contributed by atoms with E-state index in [-0.39, 0.29) is 5.41 Å². The highest BCUT2D eigenvalue weighted by atomic mass is 32.2. The normalized spacial score (nSPS) is 16.1. The van der Waals surface area contributed by atoms with E-state index in [2.05, 4.69) is 185 Å². The molecule has 8 aromatic carbocycles. The van der Waals surface area contributed by atoms with Crippen LogP contribution in [0.25, 0.3) is 67.5 Å². The van der Waals surface area contributed by atoms with Crippen LogP contribution in [0.1, 0.15) is 52.8 Å². The van der Waals surface area contributed by atoms with Crippen LogP contribution < -0.4 is 0 Å². The number of nitrogens with zero attached hydrogens (tertiary/aromatic N) is 3. The zero-order valence-electron chi connectivity index (χ0n) is 33.6. The van der Waals surface area contributed by atoms with Gasteiger partial charge in [-0.1, -0.05) is 183 Å². The van der Waals surface area contributed by atoms with Crippen molar-refractivity contribution in [1.82, 2.24) is 15.0 Å². The van der Waals surface area contributed by atoms with Crippen LogP contribution in [-0.4, -0.2) is 15.0 Å². The molecule has 284 valence electrons. The van der Waals surface area contributed by atoms with Gasteiger partial charge in [0.25, 0.3) is 0 Å². The fraction of sp³-hybridized carbons (Fsp3) is 0.0893. The molecule has 0 amide bonds. The molecule has 0 N–H and O–H groups in total. The standard InChI is InChI=1S/C56H39N3S/c1-34-16-15-19-36(30-34)53-57-52(35-17-5-4-6-18-35)58-54(59-53)37-28-29-42-39-21-8-7-20-38(39)40-22-10-12-25-45(40)56(48(42)31-37)46-26-13-14-27-50(46)60-51-33-47-43(32-49(51)56)41-23-9-11-24-44(41)55(47,2)3/h4-33H,1-3H3. The minimum Gasteiger partial charge on any atom is -0.208 e. The third-order valence-corrected chi connectivity index (χ3v) is 14.2. The van der Waals surface area contributed by atoms with Crippen molar-refractivity contribution < 1.29 is 0 Å². The predicted octanol–water partition coefficient (Wildman–Crippen LogP) is 14.0. The largest absolute Gasteiger partial charge is 0.208 e. The van der Waals surface area contributed by atoms with Crippen LogP contribution in [0.5, 0.6) is 0 Å². The molecule has 3 nitrogen and oxygen atoms in total. The second-order valence-electron chi connectivity index (χ2n) is 16.8. The van der Waals surface area contributed by atoms with Crippen LogP contribution in [0, 0.1) is 6.92 Å². The van der Waals surface area contributed by atoms with E-state index >= 15 is 0 Å². The van der Waals surface area contributed by atoms with Crippen molar-refractivity contribution in [3.8, 4) is 67.5 Å². The van der Waals surface area contributed by atoms with Gasteiger partial charge in [0, 0.05) is 31.9 Å². The Morgan fingerprint density at radius 3 is 1.62 bits per heavy atom. The summed E-state index contributed by atoms with van der Waals surface area (Å²) in [6, 6.07) is 66.8. The first-order chi connectivity index (χ1) is 29.4. The molecule has 4 heteroatoms. The molecule has 0 fully saturated rings. The van der Waals surface area contributed by atoms with Crippen molar-refractivity contribution in [2.45, 2.75) is 41.4 Å². The van der Waals surface area contributed by atoms with Gasteiger partial charge < -0.3 is 0 Å². The molecule has 0 bridgehead atoms. The maximum atomic E-state index is 5.29. The Kier molecular flexibility index (Phi) is 7.64. The van der Waals surface area contributed by atoms with Crippen LogP contribution in [0.15, 0.2) is 192 Å². The highest BCUT2D eigenvalue weighted by Crippen LogP contribution is 2.63. The number of hydrogen-bond donors (Lipinski definition) is 0. The fourth-order valence-electron chi connectivity index (χ4n) is 10.3. The fourth-order valence-corrected chi connectivity index (χ4v) is 11.5. The van der Waals surface area contributed by atoms with Gasteiger partial charge in [0.15, 0.2) is 17.5 Å². The van der Waals surface area contributed by atoms with Gasteiger partial charge in [0.1, 0.15) is 0 Å². The summed E-state index contributed by atoms with van der Waals surface area (Å²) in [6.07, 6.45) is 0. The number of hydrogen-bond acceptors (Lipinski definition) is 4. The van der Waals surface area contributed by atoms with E-state index in [1.807, 2.05) is 30.0 Å². The van der Waals surface area contributed by atoms with Gasteiger partial charge in [0.2, 0.25) is 0 Å². The van der Waals surface area contributed by atoms with Crippen LogP contribution in [-0.2, 0) is 10.8 Å². The van der Waals surface area contributed by atoms with Gasteiger partial charge in [-0.25, -0.2) is 15.0 Å². The first kappa shape index (κ1) is 35.1. The zero-order valence-corrected chi connectivity index (χ0v) is 34.4. The lowest BCUT2D eigenvalue weighted by atomic mass is 9.62. The van der Waals surface area contributed by atoms with E-state index in [9.17, 15) is 0 Å². The van der Waals surface area contributed by atoms with Gasteiger partial charge in [-0.3, -0.25) is 0 Å². The summed E-state index contributed by atoms with van der Waals surface area (Å²) in [6.45, 7) is 6.87. The minimum absolute atomic E-state index is 0.127. The Balaban J connectivity index is 1.21. The molecular weight excluding hydrogens is 747 g/mol. The zero-order chi connectivity index (χ0) is 40.2. The van der Waals surface area contributed by atoms with E-state index < -0.39 is 5.41 Å². The molecule has 0 saturated carbocycles. The third-order valence-electron chi connectivity index (χ3n) is 13.1. The van der Waals surface area contributed by atoms with Crippen LogP contribution in [0.2, 0.25) is 0 Å². The average molecular weight is 786 g/mol. The van der Waals surface area contributed by atoms with Crippen molar-refractivity contribution in [3.63, 3.8) is 0 Å². The SMILES string of the molecule is Cc1cccc(-c2nc(-c3ccccc3)nc(-c3ccc4c(c3)C3(c5ccccc5Sc5cc6c(cc53)-c3ccccc3C6(C)C)c3ccccc3-c3ccccc3-4)n2)c1. The Labute approximate surface area is 354 Å². The van der Waals surface area contributed by atoms with Crippen molar-refractivity contribution >= 4 is 11.8 Å².